The molecule has 1 N–H and O–H groups in total. The van der Waals surface area contributed by atoms with Crippen molar-refractivity contribution in [2.24, 2.45) is 0 Å². The molecule has 1 fully saturated rings. The van der Waals surface area contributed by atoms with Crippen LogP contribution in [0.3, 0.4) is 0 Å². The van der Waals surface area contributed by atoms with Gasteiger partial charge in [0.25, 0.3) is 5.56 Å². The van der Waals surface area contributed by atoms with Crippen LogP contribution in [-0.4, -0.2) is 9.78 Å². The van der Waals surface area contributed by atoms with Crippen LogP contribution >= 0.6 is 0 Å². The van der Waals surface area contributed by atoms with Crippen LogP contribution in [0.25, 0.3) is 10.9 Å². The number of nitrogens with zero attached hydrogens (tertiary/aromatic N) is 1. The molecule has 0 amide bonds. The normalized spacial score (nSPS) is 18.0. The van der Waals surface area contributed by atoms with E-state index < -0.39 is 0 Å². The van der Waals surface area contributed by atoms with Crippen molar-refractivity contribution in [3.05, 3.63) is 34.6 Å². The average Bonchev–Trinajstić information content (AvgIpc) is 2.69. The number of hydrogen-bond acceptors (Lipinski definition) is 1. The van der Waals surface area contributed by atoms with Gasteiger partial charge in [-0.1, -0.05) is 31.4 Å². The summed E-state index contributed by atoms with van der Waals surface area (Å²) in [6.45, 7) is 0. The summed E-state index contributed by atoms with van der Waals surface area (Å²) in [7, 11) is 0. The fraction of sp³-hybridized carbons (Fsp3) is 0.462. The Morgan fingerprint density at radius 1 is 1.12 bits per heavy atom. The van der Waals surface area contributed by atoms with Gasteiger partial charge in [-0.15, -0.1) is 0 Å². The highest BCUT2D eigenvalue weighted by atomic mass is 16.1. The van der Waals surface area contributed by atoms with E-state index in [1.54, 1.807) is 0 Å². The van der Waals surface area contributed by atoms with Crippen LogP contribution in [-0.2, 0) is 0 Å². The van der Waals surface area contributed by atoms with Crippen molar-refractivity contribution >= 4 is 10.9 Å². The van der Waals surface area contributed by atoms with Crippen molar-refractivity contribution in [2.75, 3.05) is 0 Å². The van der Waals surface area contributed by atoms with Gasteiger partial charge < -0.3 is 0 Å². The second-order valence-corrected chi connectivity index (χ2v) is 4.62. The van der Waals surface area contributed by atoms with E-state index in [2.05, 4.69) is 9.78 Å². The molecule has 0 radical (unpaired) electrons. The molecule has 1 aromatic heterocycles. The Hall–Kier alpha value is -1.51. The summed E-state index contributed by atoms with van der Waals surface area (Å²) in [6, 6.07) is 8.33. The fourth-order valence-corrected chi connectivity index (χ4v) is 2.73. The zero-order valence-electron chi connectivity index (χ0n) is 9.28. The van der Waals surface area contributed by atoms with Crippen LogP contribution in [0, 0.1) is 0 Å². The van der Waals surface area contributed by atoms with Gasteiger partial charge >= 0.3 is 0 Å². The third kappa shape index (κ3) is 1.47. The van der Waals surface area contributed by atoms with Gasteiger partial charge in [-0.25, -0.2) is 0 Å². The van der Waals surface area contributed by atoms with Crippen LogP contribution in [0.4, 0.5) is 0 Å². The van der Waals surface area contributed by atoms with Crippen molar-refractivity contribution in [2.45, 2.75) is 38.1 Å². The van der Waals surface area contributed by atoms with Crippen molar-refractivity contribution in [1.82, 2.24) is 9.78 Å². The zero-order chi connectivity index (χ0) is 11.0. The number of nitrogens with one attached hydrogen (secondary N) is 1. The maximum Gasteiger partial charge on any atom is 0.271 e. The molecule has 1 heterocycles. The van der Waals surface area contributed by atoms with Crippen molar-refractivity contribution in [1.29, 1.82) is 0 Å². The molecule has 0 saturated heterocycles. The van der Waals surface area contributed by atoms with Crippen LogP contribution in [0.1, 0.15) is 38.1 Å². The van der Waals surface area contributed by atoms with Gasteiger partial charge in [-0.2, -0.15) is 0 Å². The molecular weight excluding hydrogens is 200 g/mol. The van der Waals surface area contributed by atoms with Gasteiger partial charge in [0.1, 0.15) is 0 Å². The Labute approximate surface area is 94.1 Å². The number of aromatic nitrogens is 2. The fourth-order valence-electron chi connectivity index (χ4n) is 2.73. The summed E-state index contributed by atoms with van der Waals surface area (Å²) in [5, 5.41) is 3.80. The number of benzene rings is 1. The minimum atomic E-state index is 0.0428. The van der Waals surface area contributed by atoms with Gasteiger partial charge in [0, 0.05) is 0 Å². The lowest BCUT2D eigenvalue weighted by molar-refractivity contribution is 0.336. The minimum Gasteiger partial charge on any atom is -0.281 e. The van der Waals surface area contributed by atoms with Crippen LogP contribution in [0.15, 0.2) is 29.1 Å². The lowest BCUT2D eigenvalue weighted by Gasteiger charge is -2.23. The third-order valence-corrected chi connectivity index (χ3v) is 3.57. The third-order valence-electron chi connectivity index (χ3n) is 3.57. The molecule has 0 spiro atoms. The maximum atomic E-state index is 11.8. The lowest BCUT2D eigenvalue weighted by atomic mass is 9.95. The second kappa shape index (κ2) is 3.81. The molecule has 3 rings (SSSR count). The van der Waals surface area contributed by atoms with Gasteiger partial charge in [0.2, 0.25) is 0 Å². The molecule has 1 saturated carbocycles. The summed E-state index contributed by atoms with van der Waals surface area (Å²) < 4.78 is 2.08. The highest BCUT2D eigenvalue weighted by molar-refractivity contribution is 5.78. The van der Waals surface area contributed by atoms with E-state index in [0.717, 1.165) is 10.9 Å². The molecular formula is C13H16N2O. The average molecular weight is 216 g/mol. The van der Waals surface area contributed by atoms with E-state index in [9.17, 15) is 4.79 Å². The summed E-state index contributed by atoms with van der Waals surface area (Å²) in [5.74, 6) is 0. The molecule has 16 heavy (non-hydrogen) atoms. The SMILES string of the molecule is O=c1[nH]n(C2CCCCC2)c2ccccc12. The van der Waals surface area contributed by atoms with E-state index in [1.165, 1.54) is 32.1 Å². The molecule has 0 aliphatic heterocycles. The number of fused-ring (bicyclic) bond motifs is 1. The first kappa shape index (κ1) is 9.70. The number of para-hydroxylation sites is 1. The maximum absolute atomic E-state index is 11.8. The van der Waals surface area contributed by atoms with Gasteiger partial charge in [-0.3, -0.25) is 14.6 Å². The Bertz CT molecular complexity index is 546. The quantitative estimate of drug-likeness (QED) is 0.782. The smallest absolute Gasteiger partial charge is 0.271 e. The van der Waals surface area contributed by atoms with Crippen molar-refractivity contribution in [3.63, 3.8) is 0 Å². The standard InChI is InChI=1S/C13H16N2O/c16-13-11-8-4-5-9-12(11)15(14-13)10-6-2-1-3-7-10/h4-5,8-10H,1-3,6-7H2,(H,14,16). The monoisotopic (exact) mass is 216 g/mol. The Morgan fingerprint density at radius 3 is 2.69 bits per heavy atom. The predicted molar refractivity (Wildman–Crippen MR) is 64.7 cm³/mol. The first-order valence-corrected chi connectivity index (χ1v) is 6.05. The Morgan fingerprint density at radius 2 is 1.88 bits per heavy atom. The molecule has 1 aromatic carbocycles. The van der Waals surface area contributed by atoms with Crippen LogP contribution < -0.4 is 5.56 Å². The lowest BCUT2D eigenvalue weighted by Crippen LogP contribution is -2.16. The van der Waals surface area contributed by atoms with Crippen molar-refractivity contribution < 1.29 is 0 Å². The van der Waals surface area contributed by atoms with E-state index in [1.807, 2.05) is 24.3 Å². The second-order valence-electron chi connectivity index (χ2n) is 4.62. The molecule has 1 aliphatic rings. The zero-order valence-corrected chi connectivity index (χ0v) is 9.28. The van der Waals surface area contributed by atoms with Gasteiger partial charge in [0.15, 0.2) is 0 Å². The Kier molecular flexibility index (Phi) is 2.31. The van der Waals surface area contributed by atoms with Gasteiger partial charge in [-0.05, 0) is 25.0 Å². The minimum absolute atomic E-state index is 0.0428. The van der Waals surface area contributed by atoms with Crippen LogP contribution in [0.5, 0.6) is 0 Å². The summed E-state index contributed by atoms with van der Waals surface area (Å²) in [4.78, 5) is 11.8. The molecule has 0 unspecified atom stereocenters. The van der Waals surface area contributed by atoms with Gasteiger partial charge in [0.05, 0.1) is 16.9 Å². The predicted octanol–water partition coefficient (Wildman–Crippen LogP) is 2.83. The largest absolute Gasteiger partial charge is 0.281 e. The topological polar surface area (TPSA) is 37.8 Å². The van der Waals surface area contributed by atoms with E-state index in [-0.39, 0.29) is 5.56 Å². The molecule has 0 bridgehead atoms. The molecule has 3 nitrogen and oxygen atoms in total. The first-order valence-electron chi connectivity index (χ1n) is 6.05. The molecule has 3 heteroatoms. The molecule has 2 aromatic rings. The van der Waals surface area contributed by atoms with E-state index in [4.69, 9.17) is 0 Å². The number of rotatable bonds is 1. The van der Waals surface area contributed by atoms with Crippen LogP contribution in [0.2, 0.25) is 0 Å². The number of H-pyrrole nitrogens is 1. The molecule has 0 atom stereocenters. The Balaban J connectivity index is 2.12. The molecule has 1 aliphatic carbocycles. The number of hydrogen-bond donors (Lipinski definition) is 1. The summed E-state index contributed by atoms with van der Waals surface area (Å²) in [5.41, 5.74) is 1.10. The number of aromatic amines is 1. The summed E-state index contributed by atoms with van der Waals surface area (Å²) >= 11 is 0. The highest BCUT2D eigenvalue weighted by Gasteiger charge is 2.18. The van der Waals surface area contributed by atoms with E-state index in [0.29, 0.717) is 6.04 Å². The first-order chi connectivity index (χ1) is 7.86. The molecule has 84 valence electrons. The summed E-state index contributed by atoms with van der Waals surface area (Å²) in [6.07, 6.45) is 6.27. The van der Waals surface area contributed by atoms with Crippen molar-refractivity contribution in [3.8, 4) is 0 Å². The highest BCUT2D eigenvalue weighted by Crippen LogP contribution is 2.29. The van der Waals surface area contributed by atoms with E-state index >= 15 is 0 Å².